The lowest BCUT2D eigenvalue weighted by Crippen LogP contribution is -2.00. The van der Waals surface area contributed by atoms with E-state index in [4.69, 9.17) is 28.9 Å². The van der Waals surface area contributed by atoms with Crippen LogP contribution in [0.15, 0.2) is 23.6 Å². The van der Waals surface area contributed by atoms with Gasteiger partial charge in [-0.1, -0.05) is 29.3 Å². The van der Waals surface area contributed by atoms with Crippen molar-refractivity contribution in [2.75, 3.05) is 5.73 Å². The summed E-state index contributed by atoms with van der Waals surface area (Å²) in [5.41, 5.74) is 6.22. The smallest absolute Gasteiger partial charge is 0.337 e. The van der Waals surface area contributed by atoms with Gasteiger partial charge in [-0.25, -0.2) is 9.78 Å². The van der Waals surface area contributed by atoms with Gasteiger partial charge in [-0.3, -0.25) is 0 Å². The molecule has 0 unspecified atom stereocenters. The Morgan fingerprint density at radius 3 is 2.40 bits per heavy atom. The van der Waals surface area contributed by atoms with Crippen LogP contribution >= 0.6 is 46.9 Å². The van der Waals surface area contributed by atoms with Gasteiger partial charge in [-0.15, -0.1) is 23.7 Å². The van der Waals surface area contributed by atoms with Crippen molar-refractivity contribution < 1.29 is 9.90 Å². The number of carboxylic acids is 1. The molecule has 0 bridgehead atoms. The van der Waals surface area contributed by atoms with Crippen molar-refractivity contribution in [2.24, 2.45) is 0 Å². The normalized spacial score (nSPS) is 11.0. The maximum absolute atomic E-state index is 11.3. The van der Waals surface area contributed by atoms with E-state index in [0.717, 1.165) is 0 Å². The van der Waals surface area contributed by atoms with E-state index in [0.29, 0.717) is 20.7 Å². The fourth-order valence-electron chi connectivity index (χ4n) is 1.45. The number of nitrogens with zero attached hydrogens (tertiary/aromatic N) is 1. The minimum Gasteiger partial charge on any atom is -0.478 e. The van der Waals surface area contributed by atoms with Crippen molar-refractivity contribution in [3.63, 3.8) is 0 Å². The number of carboxylic acid groups (broad SMARTS) is 1. The maximum Gasteiger partial charge on any atom is 0.337 e. The van der Waals surface area contributed by atoms with E-state index in [-0.39, 0.29) is 23.7 Å². The second-order valence-corrected chi connectivity index (χ2v) is 5.27. The first-order chi connectivity index (χ1) is 8.99. The van der Waals surface area contributed by atoms with Crippen LogP contribution in [0, 0.1) is 0 Å². The Bertz CT molecular complexity index is 650. The SMILES string of the molecule is Cl.Nc1nc(C(=Cc2c(Cl)cccc2Cl)C(=O)O)cs1. The van der Waals surface area contributed by atoms with Crippen molar-refractivity contribution in [1.29, 1.82) is 0 Å². The van der Waals surface area contributed by atoms with Crippen LogP contribution in [-0.4, -0.2) is 16.1 Å². The van der Waals surface area contributed by atoms with Crippen LogP contribution in [0.4, 0.5) is 5.13 Å². The number of nitrogens with two attached hydrogens (primary N) is 1. The van der Waals surface area contributed by atoms with Crippen LogP contribution in [0.1, 0.15) is 11.3 Å². The summed E-state index contributed by atoms with van der Waals surface area (Å²) in [4.78, 5) is 15.3. The molecule has 0 atom stereocenters. The monoisotopic (exact) mass is 350 g/mol. The zero-order chi connectivity index (χ0) is 14.0. The molecule has 2 rings (SSSR count). The van der Waals surface area contributed by atoms with E-state index in [1.54, 1.807) is 23.6 Å². The van der Waals surface area contributed by atoms with Crippen molar-refractivity contribution in [2.45, 2.75) is 0 Å². The number of halogens is 3. The highest BCUT2D eigenvalue weighted by Gasteiger charge is 2.15. The molecule has 0 fully saturated rings. The molecule has 0 aliphatic rings. The van der Waals surface area contributed by atoms with Crippen molar-refractivity contribution in [3.05, 3.63) is 44.9 Å². The fourth-order valence-corrected chi connectivity index (χ4v) is 2.52. The maximum atomic E-state index is 11.3. The van der Waals surface area contributed by atoms with Gasteiger partial charge in [-0.05, 0) is 18.2 Å². The van der Waals surface area contributed by atoms with Gasteiger partial charge in [0.25, 0.3) is 0 Å². The van der Waals surface area contributed by atoms with E-state index in [1.165, 1.54) is 17.4 Å². The number of thiazole rings is 1. The number of nitrogen functional groups attached to an aromatic ring is 1. The average Bonchev–Trinajstić information content (AvgIpc) is 2.74. The Morgan fingerprint density at radius 1 is 1.35 bits per heavy atom. The second-order valence-electron chi connectivity index (χ2n) is 3.57. The van der Waals surface area contributed by atoms with Crippen molar-refractivity contribution in [1.82, 2.24) is 4.98 Å². The van der Waals surface area contributed by atoms with E-state index >= 15 is 0 Å². The molecule has 0 saturated carbocycles. The lowest BCUT2D eigenvalue weighted by Gasteiger charge is -2.03. The second kappa shape index (κ2) is 6.95. The first-order valence-electron chi connectivity index (χ1n) is 5.09. The number of anilines is 1. The van der Waals surface area contributed by atoms with Crippen LogP contribution in [0.3, 0.4) is 0 Å². The molecular weight excluding hydrogens is 343 g/mol. The van der Waals surface area contributed by atoms with Gasteiger partial charge in [0.1, 0.15) is 0 Å². The summed E-state index contributed by atoms with van der Waals surface area (Å²) in [6.45, 7) is 0. The van der Waals surface area contributed by atoms with Gasteiger partial charge in [0.15, 0.2) is 5.13 Å². The quantitative estimate of drug-likeness (QED) is 0.817. The topological polar surface area (TPSA) is 76.2 Å². The summed E-state index contributed by atoms with van der Waals surface area (Å²) >= 11 is 13.2. The standard InChI is InChI=1S/C12H8Cl2N2O2S.ClH/c13-8-2-1-3-9(14)6(8)4-7(11(17)18)10-5-19-12(15)16-10;/h1-5H,(H2,15,16)(H,17,18);1H. The molecule has 0 spiro atoms. The molecule has 3 N–H and O–H groups in total. The molecule has 0 amide bonds. The lowest BCUT2D eigenvalue weighted by atomic mass is 10.1. The van der Waals surface area contributed by atoms with E-state index in [1.807, 2.05) is 0 Å². The Morgan fingerprint density at radius 2 is 1.95 bits per heavy atom. The fraction of sp³-hybridized carbons (Fsp3) is 0. The molecule has 1 heterocycles. The predicted octanol–water partition coefficient (Wildman–Crippen LogP) is 4.08. The molecule has 0 aliphatic carbocycles. The van der Waals surface area contributed by atoms with E-state index in [9.17, 15) is 9.90 Å². The summed E-state index contributed by atoms with van der Waals surface area (Å²) in [5, 5.41) is 11.9. The van der Waals surface area contributed by atoms with Gasteiger partial charge >= 0.3 is 5.97 Å². The minimum absolute atomic E-state index is 0. The molecule has 106 valence electrons. The molecule has 0 saturated heterocycles. The van der Waals surface area contributed by atoms with Crippen LogP contribution in [0.5, 0.6) is 0 Å². The number of aliphatic carboxylic acids is 1. The molecule has 0 aliphatic heterocycles. The molecule has 4 nitrogen and oxygen atoms in total. The number of carbonyl (C=O) groups is 1. The van der Waals surface area contributed by atoms with Gasteiger partial charge < -0.3 is 10.8 Å². The molecule has 2 aromatic rings. The Hall–Kier alpha value is -1.27. The van der Waals surface area contributed by atoms with Gasteiger partial charge in [0, 0.05) is 21.0 Å². The van der Waals surface area contributed by atoms with E-state index < -0.39 is 5.97 Å². The molecule has 20 heavy (non-hydrogen) atoms. The molecule has 8 heteroatoms. The van der Waals surface area contributed by atoms with Crippen molar-refractivity contribution in [3.8, 4) is 0 Å². The van der Waals surface area contributed by atoms with Crippen LogP contribution < -0.4 is 5.73 Å². The third-order valence-corrected chi connectivity index (χ3v) is 3.65. The first kappa shape index (κ1) is 16.8. The van der Waals surface area contributed by atoms with Gasteiger partial charge in [-0.2, -0.15) is 0 Å². The zero-order valence-corrected chi connectivity index (χ0v) is 13.0. The average molecular weight is 352 g/mol. The lowest BCUT2D eigenvalue weighted by molar-refractivity contribution is -0.130. The molecule has 1 aromatic carbocycles. The summed E-state index contributed by atoms with van der Waals surface area (Å²) in [5.74, 6) is -1.12. The minimum atomic E-state index is -1.12. The summed E-state index contributed by atoms with van der Waals surface area (Å²) in [6, 6.07) is 4.95. The Labute approximate surface area is 135 Å². The van der Waals surface area contributed by atoms with Crippen LogP contribution in [0.25, 0.3) is 11.6 Å². The van der Waals surface area contributed by atoms with Crippen molar-refractivity contribution >= 4 is 69.7 Å². The zero-order valence-electron chi connectivity index (χ0n) is 9.84. The summed E-state index contributed by atoms with van der Waals surface area (Å²) < 4.78 is 0. The molecular formula is C12H9Cl3N2O2S. The predicted molar refractivity (Wildman–Crippen MR) is 85.7 cm³/mol. The molecule has 0 radical (unpaired) electrons. The Kier molecular flexibility index (Phi) is 5.83. The van der Waals surface area contributed by atoms with Crippen LogP contribution in [0.2, 0.25) is 10.0 Å². The molecule has 1 aromatic heterocycles. The largest absolute Gasteiger partial charge is 0.478 e. The number of hydrogen-bond donors (Lipinski definition) is 2. The highest BCUT2D eigenvalue weighted by atomic mass is 35.5. The Balaban J connectivity index is 0.00000200. The highest BCUT2D eigenvalue weighted by Crippen LogP contribution is 2.29. The summed E-state index contributed by atoms with van der Waals surface area (Å²) in [6.07, 6.45) is 1.39. The highest BCUT2D eigenvalue weighted by molar-refractivity contribution is 7.13. The number of hydrogen-bond acceptors (Lipinski definition) is 4. The van der Waals surface area contributed by atoms with Gasteiger partial charge in [0.2, 0.25) is 0 Å². The summed E-state index contributed by atoms with van der Waals surface area (Å²) in [7, 11) is 0. The third-order valence-electron chi connectivity index (χ3n) is 2.32. The van der Waals surface area contributed by atoms with E-state index in [2.05, 4.69) is 4.98 Å². The number of aromatic nitrogens is 1. The number of rotatable bonds is 3. The third kappa shape index (κ3) is 3.64. The van der Waals surface area contributed by atoms with Gasteiger partial charge in [0.05, 0.1) is 11.3 Å². The first-order valence-corrected chi connectivity index (χ1v) is 6.73. The van der Waals surface area contributed by atoms with Crippen LogP contribution in [-0.2, 0) is 4.79 Å². The number of benzene rings is 1.